The summed E-state index contributed by atoms with van der Waals surface area (Å²) in [6.07, 6.45) is 1.65. The number of amides is 2. The van der Waals surface area contributed by atoms with Crippen LogP contribution in [0.4, 0.5) is 10.1 Å². The van der Waals surface area contributed by atoms with E-state index in [1.165, 1.54) is 18.2 Å². The third-order valence-electron chi connectivity index (χ3n) is 3.37. The van der Waals surface area contributed by atoms with E-state index >= 15 is 0 Å². The number of carbonyl (C=O) groups excluding carboxylic acids is 2. The molecule has 5 nitrogen and oxygen atoms in total. The van der Waals surface area contributed by atoms with Crippen molar-refractivity contribution in [2.75, 3.05) is 25.5 Å². The third-order valence-corrected chi connectivity index (χ3v) is 3.37. The van der Waals surface area contributed by atoms with E-state index in [9.17, 15) is 14.0 Å². The van der Waals surface area contributed by atoms with E-state index in [2.05, 4.69) is 10.6 Å². The fourth-order valence-electron chi connectivity index (χ4n) is 2.43. The molecule has 0 saturated carbocycles. The van der Waals surface area contributed by atoms with Crippen LogP contribution in [0.3, 0.4) is 0 Å². The highest BCUT2D eigenvalue weighted by Crippen LogP contribution is 2.17. The van der Waals surface area contributed by atoms with E-state index in [4.69, 9.17) is 0 Å². The summed E-state index contributed by atoms with van der Waals surface area (Å²) in [6.45, 7) is 0.850. The number of hydrogen-bond acceptors (Lipinski definition) is 3. The first-order valence-corrected chi connectivity index (χ1v) is 6.61. The second kappa shape index (κ2) is 6.47. The average Bonchev–Trinajstić information content (AvgIpc) is 2.85. The number of nitrogens with zero attached hydrogens (tertiary/aromatic N) is 1. The molecule has 0 aromatic heterocycles. The Morgan fingerprint density at radius 3 is 2.95 bits per heavy atom. The highest BCUT2D eigenvalue weighted by Gasteiger charge is 2.31. The Hall–Kier alpha value is -1.95. The summed E-state index contributed by atoms with van der Waals surface area (Å²) >= 11 is 0. The molecular formula is C14H18FN3O2. The molecule has 0 bridgehead atoms. The molecule has 1 aliphatic rings. The summed E-state index contributed by atoms with van der Waals surface area (Å²) in [5, 5.41) is 5.24. The van der Waals surface area contributed by atoms with Gasteiger partial charge in [0.05, 0.1) is 12.6 Å². The van der Waals surface area contributed by atoms with Crippen LogP contribution in [0, 0.1) is 5.82 Å². The summed E-state index contributed by atoms with van der Waals surface area (Å²) in [7, 11) is 1.59. The smallest absolute Gasteiger partial charge is 0.238 e. The fourth-order valence-corrected chi connectivity index (χ4v) is 2.43. The highest BCUT2D eigenvalue weighted by molar-refractivity contribution is 5.93. The molecule has 1 aromatic carbocycles. The van der Waals surface area contributed by atoms with Crippen molar-refractivity contribution in [1.29, 1.82) is 0 Å². The first-order valence-electron chi connectivity index (χ1n) is 6.61. The summed E-state index contributed by atoms with van der Waals surface area (Å²) in [6, 6.07) is 5.49. The minimum atomic E-state index is -0.396. The maximum Gasteiger partial charge on any atom is 0.238 e. The van der Waals surface area contributed by atoms with Crippen LogP contribution in [-0.4, -0.2) is 42.9 Å². The van der Waals surface area contributed by atoms with Crippen LogP contribution < -0.4 is 10.6 Å². The van der Waals surface area contributed by atoms with Gasteiger partial charge in [0.15, 0.2) is 0 Å². The number of likely N-dealkylation sites (tertiary alicyclic amines) is 1. The largest absolute Gasteiger partial charge is 0.358 e. The molecule has 0 aliphatic carbocycles. The first-order chi connectivity index (χ1) is 9.60. The van der Waals surface area contributed by atoms with Crippen LogP contribution in [0.5, 0.6) is 0 Å². The van der Waals surface area contributed by atoms with E-state index in [-0.39, 0.29) is 24.4 Å². The number of carbonyl (C=O) groups is 2. The number of likely N-dealkylation sites (N-methyl/N-ethyl adjacent to an activating group) is 1. The molecule has 1 saturated heterocycles. The molecule has 0 unspecified atom stereocenters. The number of rotatable bonds is 4. The fraction of sp³-hybridized carbons (Fsp3) is 0.429. The second-order valence-electron chi connectivity index (χ2n) is 4.80. The van der Waals surface area contributed by atoms with E-state index in [0.29, 0.717) is 12.2 Å². The van der Waals surface area contributed by atoms with Crippen molar-refractivity contribution in [3.05, 3.63) is 30.1 Å². The van der Waals surface area contributed by atoms with Gasteiger partial charge in [0.2, 0.25) is 11.8 Å². The van der Waals surface area contributed by atoms with Crippen molar-refractivity contribution in [1.82, 2.24) is 10.2 Å². The van der Waals surface area contributed by atoms with Crippen molar-refractivity contribution >= 4 is 17.5 Å². The number of anilines is 1. The molecule has 0 radical (unpaired) electrons. The van der Waals surface area contributed by atoms with Crippen molar-refractivity contribution in [3.63, 3.8) is 0 Å². The molecule has 6 heteroatoms. The normalized spacial score (nSPS) is 18.8. The van der Waals surface area contributed by atoms with Crippen molar-refractivity contribution in [2.24, 2.45) is 0 Å². The van der Waals surface area contributed by atoms with Crippen LogP contribution in [-0.2, 0) is 9.59 Å². The minimum absolute atomic E-state index is 0.0685. The van der Waals surface area contributed by atoms with Gasteiger partial charge in [0.1, 0.15) is 5.82 Å². The zero-order valence-electron chi connectivity index (χ0n) is 11.4. The Bertz CT molecular complexity index is 507. The lowest BCUT2D eigenvalue weighted by molar-refractivity contribution is -0.126. The Labute approximate surface area is 117 Å². The summed E-state index contributed by atoms with van der Waals surface area (Å²) in [5.74, 6) is -0.709. The van der Waals surface area contributed by atoms with E-state index in [1.807, 2.05) is 4.90 Å². The zero-order chi connectivity index (χ0) is 14.5. The van der Waals surface area contributed by atoms with Crippen LogP contribution in [0.15, 0.2) is 24.3 Å². The molecule has 20 heavy (non-hydrogen) atoms. The van der Waals surface area contributed by atoms with Crippen LogP contribution in [0.1, 0.15) is 12.8 Å². The second-order valence-corrected chi connectivity index (χ2v) is 4.80. The molecule has 1 heterocycles. The average molecular weight is 279 g/mol. The molecule has 0 spiro atoms. The molecule has 2 N–H and O–H groups in total. The Morgan fingerprint density at radius 2 is 2.25 bits per heavy atom. The van der Waals surface area contributed by atoms with Crippen molar-refractivity contribution in [2.45, 2.75) is 18.9 Å². The number of benzene rings is 1. The standard InChI is InChI=1S/C14H18FN3O2/c1-16-14(20)12-6-3-7-18(12)9-13(19)17-11-5-2-4-10(15)8-11/h2,4-5,8,12H,3,6-7,9H2,1H3,(H,16,20)(H,17,19)/t12-/m0/s1. The van der Waals surface area contributed by atoms with Crippen LogP contribution in [0.2, 0.25) is 0 Å². The van der Waals surface area contributed by atoms with Gasteiger partial charge >= 0.3 is 0 Å². The molecule has 2 rings (SSSR count). The van der Waals surface area contributed by atoms with E-state index < -0.39 is 5.82 Å². The molecular weight excluding hydrogens is 261 g/mol. The summed E-state index contributed by atoms with van der Waals surface area (Å²) in [4.78, 5) is 25.4. The Morgan fingerprint density at radius 1 is 1.45 bits per heavy atom. The molecule has 1 aromatic rings. The minimum Gasteiger partial charge on any atom is -0.358 e. The lowest BCUT2D eigenvalue weighted by Crippen LogP contribution is -2.45. The van der Waals surface area contributed by atoms with Gasteiger partial charge in [-0.15, -0.1) is 0 Å². The summed E-state index contributed by atoms with van der Waals surface area (Å²) < 4.78 is 13.0. The van der Waals surface area contributed by atoms with Gasteiger partial charge < -0.3 is 10.6 Å². The molecule has 1 aliphatic heterocycles. The quantitative estimate of drug-likeness (QED) is 0.863. The van der Waals surface area contributed by atoms with Crippen LogP contribution >= 0.6 is 0 Å². The van der Waals surface area contributed by atoms with Gasteiger partial charge in [-0.1, -0.05) is 6.07 Å². The van der Waals surface area contributed by atoms with Gasteiger partial charge in [-0.25, -0.2) is 4.39 Å². The lowest BCUT2D eigenvalue weighted by atomic mass is 10.2. The van der Waals surface area contributed by atoms with Gasteiger partial charge in [0.25, 0.3) is 0 Å². The summed E-state index contributed by atoms with van der Waals surface area (Å²) in [5.41, 5.74) is 0.422. The molecule has 108 valence electrons. The zero-order valence-corrected chi connectivity index (χ0v) is 11.4. The van der Waals surface area contributed by atoms with E-state index in [0.717, 1.165) is 12.8 Å². The topological polar surface area (TPSA) is 61.4 Å². The maximum atomic E-state index is 13.0. The van der Waals surface area contributed by atoms with Gasteiger partial charge in [0, 0.05) is 12.7 Å². The molecule has 2 amide bonds. The maximum absolute atomic E-state index is 13.0. The Balaban J connectivity index is 1.92. The number of halogens is 1. The third kappa shape index (κ3) is 3.54. The van der Waals surface area contributed by atoms with Gasteiger partial charge in [-0.3, -0.25) is 14.5 Å². The Kier molecular flexibility index (Phi) is 4.68. The monoisotopic (exact) mass is 279 g/mol. The SMILES string of the molecule is CNC(=O)[C@@H]1CCCN1CC(=O)Nc1cccc(F)c1. The predicted octanol–water partition coefficient (Wildman–Crippen LogP) is 0.975. The molecule has 1 atom stereocenters. The van der Waals surface area contributed by atoms with Crippen molar-refractivity contribution in [3.8, 4) is 0 Å². The van der Waals surface area contributed by atoms with Crippen LogP contribution in [0.25, 0.3) is 0 Å². The lowest BCUT2D eigenvalue weighted by Gasteiger charge is -2.22. The molecule has 1 fully saturated rings. The number of nitrogens with one attached hydrogen (secondary N) is 2. The number of hydrogen-bond donors (Lipinski definition) is 2. The predicted molar refractivity (Wildman–Crippen MR) is 73.7 cm³/mol. The van der Waals surface area contributed by atoms with E-state index in [1.54, 1.807) is 13.1 Å². The first kappa shape index (κ1) is 14.5. The van der Waals surface area contributed by atoms with Gasteiger partial charge in [-0.2, -0.15) is 0 Å². The van der Waals surface area contributed by atoms with Gasteiger partial charge in [-0.05, 0) is 37.6 Å². The van der Waals surface area contributed by atoms with Crippen molar-refractivity contribution < 1.29 is 14.0 Å². The highest BCUT2D eigenvalue weighted by atomic mass is 19.1.